The highest BCUT2D eigenvalue weighted by Crippen LogP contribution is 2.07. The number of benzene rings is 1. The minimum Gasteiger partial charge on any atom is -0.369 e. The average Bonchev–Trinajstić information content (AvgIpc) is 2.10. The second-order valence-electron chi connectivity index (χ2n) is 3.13. The molecule has 74 valence electrons. The van der Waals surface area contributed by atoms with Gasteiger partial charge in [0.2, 0.25) is 5.96 Å². The molecule has 0 unspecified atom stereocenters. The van der Waals surface area contributed by atoms with E-state index in [0.29, 0.717) is 0 Å². The number of aryl methyl sites for hydroxylation is 2. The molecule has 0 amide bonds. The van der Waals surface area contributed by atoms with Gasteiger partial charge in [0.1, 0.15) is 0 Å². The van der Waals surface area contributed by atoms with Crippen molar-refractivity contribution in [3.63, 3.8) is 0 Å². The minimum absolute atomic E-state index is 0.0356. The van der Waals surface area contributed by atoms with Crippen LogP contribution in [0.4, 0.5) is 0 Å². The summed E-state index contributed by atoms with van der Waals surface area (Å²) < 4.78 is 0. The molecule has 1 aromatic carbocycles. The summed E-state index contributed by atoms with van der Waals surface area (Å²) in [7, 11) is 0. The molecule has 0 aliphatic rings. The van der Waals surface area contributed by atoms with E-state index in [4.69, 9.17) is 11.5 Å². The minimum atomic E-state index is -0.0356. The van der Waals surface area contributed by atoms with Crippen LogP contribution < -0.4 is 11.5 Å². The van der Waals surface area contributed by atoms with Gasteiger partial charge < -0.3 is 11.5 Å². The van der Waals surface area contributed by atoms with E-state index >= 15 is 0 Å². The molecule has 0 radical (unpaired) electrons. The van der Waals surface area contributed by atoms with E-state index in [1.807, 2.05) is 32.0 Å². The Morgan fingerprint density at radius 1 is 1.29 bits per heavy atom. The van der Waals surface area contributed by atoms with Crippen LogP contribution in [0.5, 0.6) is 0 Å². The van der Waals surface area contributed by atoms with Crippen LogP contribution in [-0.4, -0.2) is 12.2 Å². The third-order valence-corrected chi connectivity index (χ3v) is 1.80. The predicted octanol–water partition coefficient (Wildman–Crippen LogP) is 0.911. The van der Waals surface area contributed by atoms with Crippen LogP contribution in [0.3, 0.4) is 0 Å². The first-order valence-electron chi connectivity index (χ1n) is 4.29. The Balaban J connectivity index is 2.91. The van der Waals surface area contributed by atoms with E-state index < -0.39 is 0 Å². The second kappa shape index (κ2) is 4.41. The SMILES string of the molecule is Cc1ccc(C)c(/C=N/N=C(N)N)c1. The van der Waals surface area contributed by atoms with Crippen LogP contribution in [-0.2, 0) is 0 Å². The Kier molecular flexibility index (Phi) is 3.23. The lowest BCUT2D eigenvalue weighted by Crippen LogP contribution is -2.21. The number of rotatable bonds is 2. The van der Waals surface area contributed by atoms with Gasteiger partial charge in [-0.1, -0.05) is 23.8 Å². The molecule has 0 fully saturated rings. The van der Waals surface area contributed by atoms with Gasteiger partial charge in [-0.05, 0) is 25.0 Å². The number of hydrogen-bond donors (Lipinski definition) is 2. The van der Waals surface area contributed by atoms with Crippen LogP contribution in [0.15, 0.2) is 28.4 Å². The van der Waals surface area contributed by atoms with Crippen molar-refractivity contribution >= 4 is 12.2 Å². The summed E-state index contributed by atoms with van der Waals surface area (Å²) >= 11 is 0. The van der Waals surface area contributed by atoms with Crippen molar-refractivity contribution in [3.05, 3.63) is 34.9 Å². The highest BCUT2D eigenvalue weighted by Gasteiger charge is 1.94. The third kappa shape index (κ3) is 2.90. The smallest absolute Gasteiger partial charge is 0.211 e. The maximum Gasteiger partial charge on any atom is 0.211 e. The number of hydrogen-bond acceptors (Lipinski definition) is 2. The first kappa shape index (κ1) is 10.2. The lowest BCUT2D eigenvalue weighted by molar-refractivity contribution is 1.21. The Hall–Kier alpha value is -1.84. The maximum atomic E-state index is 5.14. The molecule has 0 saturated carbocycles. The van der Waals surface area contributed by atoms with Crippen molar-refractivity contribution in [1.82, 2.24) is 0 Å². The van der Waals surface area contributed by atoms with Crippen LogP contribution >= 0.6 is 0 Å². The van der Waals surface area contributed by atoms with Crippen LogP contribution in [0, 0.1) is 13.8 Å². The Labute approximate surface area is 83.3 Å². The molecule has 1 aromatic rings. The summed E-state index contributed by atoms with van der Waals surface area (Å²) in [5, 5.41) is 7.29. The predicted molar refractivity (Wildman–Crippen MR) is 59.3 cm³/mol. The van der Waals surface area contributed by atoms with E-state index in [0.717, 1.165) is 11.1 Å². The lowest BCUT2D eigenvalue weighted by Gasteiger charge is -1.99. The van der Waals surface area contributed by atoms with E-state index in [1.54, 1.807) is 6.21 Å². The average molecular weight is 190 g/mol. The molecule has 0 saturated heterocycles. The van der Waals surface area contributed by atoms with Crippen LogP contribution in [0.2, 0.25) is 0 Å². The van der Waals surface area contributed by atoms with Crippen molar-refractivity contribution in [2.24, 2.45) is 21.7 Å². The molecule has 0 aliphatic carbocycles. The van der Waals surface area contributed by atoms with E-state index in [-0.39, 0.29) is 5.96 Å². The zero-order valence-electron chi connectivity index (χ0n) is 8.36. The molecular formula is C10H14N4. The first-order chi connectivity index (χ1) is 6.59. The summed E-state index contributed by atoms with van der Waals surface area (Å²) in [6.07, 6.45) is 1.64. The van der Waals surface area contributed by atoms with E-state index in [9.17, 15) is 0 Å². The Morgan fingerprint density at radius 3 is 2.64 bits per heavy atom. The van der Waals surface area contributed by atoms with E-state index in [1.165, 1.54) is 5.56 Å². The number of nitrogens with two attached hydrogens (primary N) is 2. The summed E-state index contributed by atoms with van der Waals surface area (Å²) in [4.78, 5) is 0. The molecule has 0 heterocycles. The summed E-state index contributed by atoms with van der Waals surface area (Å²) in [5.41, 5.74) is 13.6. The van der Waals surface area contributed by atoms with Gasteiger partial charge in [-0.15, -0.1) is 5.10 Å². The summed E-state index contributed by atoms with van der Waals surface area (Å²) in [6, 6.07) is 6.11. The van der Waals surface area contributed by atoms with Gasteiger partial charge in [0.15, 0.2) is 0 Å². The molecule has 0 spiro atoms. The molecule has 0 atom stereocenters. The lowest BCUT2D eigenvalue weighted by atomic mass is 10.1. The molecule has 0 aliphatic heterocycles. The molecule has 14 heavy (non-hydrogen) atoms. The summed E-state index contributed by atoms with van der Waals surface area (Å²) in [6.45, 7) is 4.04. The fraction of sp³-hybridized carbons (Fsp3) is 0.200. The molecule has 4 N–H and O–H groups in total. The van der Waals surface area contributed by atoms with Gasteiger partial charge >= 0.3 is 0 Å². The second-order valence-corrected chi connectivity index (χ2v) is 3.13. The highest BCUT2D eigenvalue weighted by molar-refractivity contribution is 5.83. The van der Waals surface area contributed by atoms with Gasteiger partial charge in [0.05, 0.1) is 6.21 Å². The molecule has 4 nitrogen and oxygen atoms in total. The fourth-order valence-electron chi connectivity index (χ4n) is 1.06. The van der Waals surface area contributed by atoms with Crippen molar-refractivity contribution < 1.29 is 0 Å². The molecule has 0 bridgehead atoms. The van der Waals surface area contributed by atoms with Crippen molar-refractivity contribution in [2.75, 3.05) is 0 Å². The van der Waals surface area contributed by atoms with Gasteiger partial charge in [-0.3, -0.25) is 0 Å². The van der Waals surface area contributed by atoms with E-state index in [2.05, 4.69) is 10.2 Å². The van der Waals surface area contributed by atoms with Gasteiger partial charge in [0.25, 0.3) is 0 Å². The largest absolute Gasteiger partial charge is 0.369 e. The van der Waals surface area contributed by atoms with Crippen molar-refractivity contribution in [1.29, 1.82) is 0 Å². The Bertz CT molecular complexity index is 376. The normalized spacial score (nSPS) is 10.4. The maximum absolute atomic E-state index is 5.14. The monoisotopic (exact) mass is 190 g/mol. The van der Waals surface area contributed by atoms with Crippen molar-refractivity contribution in [2.45, 2.75) is 13.8 Å². The number of guanidine groups is 1. The molecular weight excluding hydrogens is 176 g/mol. The van der Waals surface area contributed by atoms with Gasteiger partial charge in [0, 0.05) is 0 Å². The first-order valence-corrected chi connectivity index (χ1v) is 4.29. The van der Waals surface area contributed by atoms with Gasteiger partial charge in [-0.2, -0.15) is 5.10 Å². The molecule has 0 aromatic heterocycles. The van der Waals surface area contributed by atoms with Crippen LogP contribution in [0.25, 0.3) is 0 Å². The zero-order chi connectivity index (χ0) is 10.6. The van der Waals surface area contributed by atoms with Gasteiger partial charge in [-0.25, -0.2) is 0 Å². The van der Waals surface area contributed by atoms with Crippen molar-refractivity contribution in [3.8, 4) is 0 Å². The highest BCUT2D eigenvalue weighted by atomic mass is 15.3. The standard InChI is InChI=1S/C10H14N4/c1-7-3-4-8(2)9(5-7)6-13-14-10(11)12/h3-6H,1-2H3,(H4,11,12,14)/b13-6+. The third-order valence-electron chi connectivity index (χ3n) is 1.80. The fourth-order valence-corrected chi connectivity index (χ4v) is 1.06. The summed E-state index contributed by atoms with van der Waals surface area (Å²) in [5.74, 6) is -0.0356. The quantitative estimate of drug-likeness (QED) is 0.413. The molecule has 1 rings (SSSR count). The van der Waals surface area contributed by atoms with Crippen LogP contribution in [0.1, 0.15) is 16.7 Å². The molecule has 4 heteroatoms. The number of nitrogens with zero attached hydrogens (tertiary/aromatic N) is 2. The zero-order valence-corrected chi connectivity index (χ0v) is 8.36. The topological polar surface area (TPSA) is 76.8 Å². The Morgan fingerprint density at radius 2 is 2.00 bits per heavy atom.